The Morgan fingerprint density at radius 1 is 0.850 bits per heavy atom. The number of hydrogen-bond donors (Lipinski definition) is 0. The van der Waals surface area contributed by atoms with E-state index in [2.05, 4.69) is 42.4 Å². The quantitative estimate of drug-likeness (QED) is 0.384. The highest BCUT2D eigenvalue weighted by Crippen LogP contribution is 2.10. The molecule has 1 rings (SSSR count). The molecule has 0 saturated carbocycles. The summed E-state index contributed by atoms with van der Waals surface area (Å²) in [5.41, 5.74) is 0. The monoisotopic (exact) mass is 279 g/mol. The fourth-order valence-electron chi connectivity index (χ4n) is 2.90. The fraction of sp³-hybridized carbons (Fsp3) is 0.833. The van der Waals surface area contributed by atoms with Crippen LogP contribution in [-0.2, 0) is 20.0 Å². The SMILES string of the molecule is CCCCCCCCCCCn1cc[n+](C)c1CCC. The third kappa shape index (κ3) is 6.58. The molecule has 1 aromatic heterocycles. The highest BCUT2D eigenvalue weighted by molar-refractivity contribution is 4.83. The van der Waals surface area contributed by atoms with Gasteiger partial charge in [-0.3, -0.25) is 0 Å². The molecule has 116 valence electrons. The summed E-state index contributed by atoms with van der Waals surface area (Å²) in [7, 11) is 2.16. The molecule has 1 heterocycles. The van der Waals surface area contributed by atoms with Crippen LogP contribution in [-0.4, -0.2) is 4.57 Å². The van der Waals surface area contributed by atoms with Crippen LogP contribution in [0.25, 0.3) is 0 Å². The predicted molar refractivity (Wildman–Crippen MR) is 86.8 cm³/mol. The number of aromatic nitrogens is 2. The van der Waals surface area contributed by atoms with Crippen LogP contribution in [0, 0.1) is 0 Å². The molecule has 0 aliphatic rings. The second-order valence-electron chi connectivity index (χ2n) is 6.10. The van der Waals surface area contributed by atoms with Crippen LogP contribution in [0.15, 0.2) is 12.4 Å². The van der Waals surface area contributed by atoms with Gasteiger partial charge in [0, 0.05) is 6.42 Å². The first-order valence-electron chi connectivity index (χ1n) is 8.83. The number of aryl methyl sites for hydroxylation is 2. The molecular formula is C18H35N2+. The van der Waals surface area contributed by atoms with Gasteiger partial charge in [-0.1, -0.05) is 58.8 Å². The average Bonchev–Trinajstić information content (AvgIpc) is 2.79. The lowest BCUT2D eigenvalue weighted by Crippen LogP contribution is -2.32. The van der Waals surface area contributed by atoms with Crippen LogP contribution in [0.5, 0.6) is 0 Å². The summed E-state index contributed by atoms with van der Waals surface area (Å²) in [6.45, 7) is 5.75. The largest absolute Gasteiger partial charge is 0.256 e. The van der Waals surface area contributed by atoms with Crippen LogP contribution in [0.4, 0.5) is 0 Å². The van der Waals surface area contributed by atoms with Crippen molar-refractivity contribution in [2.24, 2.45) is 7.05 Å². The predicted octanol–water partition coefficient (Wildman–Crippen LogP) is 4.80. The summed E-state index contributed by atoms with van der Waals surface area (Å²) in [5, 5.41) is 0. The van der Waals surface area contributed by atoms with Crippen molar-refractivity contribution in [3.8, 4) is 0 Å². The lowest BCUT2D eigenvalue weighted by atomic mass is 10.1. The molecule has 0 atom stereocenters. The lowest BCUT2D eigenvalue weighted by Gasteiger charge is -2.03. The van der Waals surface area contributed by atoms with E-state index in [1.807, 2.05) is 0 Å². The van der Waals surface area contributed by atoms with Gasteiger partial charge in [0.1, 0.15) is 12.4 Å². The minimum atomic E-state index is 1.20. The fourth-order valence-corrected chi connectivity index (χ4v) is 2.90. The molecule has 0 unspecified atom stereocenters. The molecule has 0 amide bonds. The van der Waals surface area contributed by atoms with E-state index in [0.29, 0.717) is 0 Å². The smallest absolute Gasteiger partial charge is 0.237 e. The van der Waals surface area contributed by atoms with Crippen LogP contribution in [0.3, 0.4) is 0 Å². The summed E-state index contributed by atoms with van der Waals surface area (Å²) in [4.78, 5) is 0. The third-order valence-electron chi connectivity index (χ3n) is 4.19. The molecule has 0 aliphatic carbocycles. The summed E-state index contributed by atoms with van der Waals surface area (Å²) in [5.74, 6) is 1.48. The van der Waals surface area contributed by atoms with Gasteiger partial charge in [-0.25, -0.2) is 9.13 Å². The van der Waals surface area contributed by atoms with E-state index < -0.39 is 0 Å². The normalized spacial score (nSPS) is 11.2. The minimum absolute atomic E-state index is 1.20. The van der Waals surface area contributed by atoms with Crippen LogP contribution >= 0.6 is 0 Å². The van der Waals surface area contributed by atoms with Crippen molar-refractivity contribution in [1.82, 2.24) is 4.57 Å². The zero-order valence-electron chi connectivity index (χ0n) is 14.0. The topological polar surface area (TPSA) is 8.81 Å². The Hall–Kier alpha value is -0.790. The van der Waals surface area contributed by atoms with Crippen LogP contribution in [0.2, 0.25) is 0 Å². The Bertz CT molecular complexity index is 341. The number of unbranched alkanes of at least 4 members (excludes halogenated alkanes) is 8. The molecule has 0 fully saturated rings. The Balaban J connectivity index is 2.06. The number of hydrogen-bond acceptors (Lipinski definition) is 0. The molecule has 2 nitrogen and oxygen atoms in total. The lowest BCUT2D eigenvalue weighted by molar-refractivity contribution is -0.678. The summed E-state index contributed by atoms with van der Waals surface area (Å²) < 4.78 is 4.72. The molecule has 0 aliphatic heterocycles. The van der Waals surface area contributed by atoms with Gasteiger partial charge < -0.3 is 0 Å². The molecule has 0 bridgehead atoms. The molecule has 0 saturated heterocycles. The van der Waals surface area contributed by atoms with Gasteiger partial charge in [0.05, 0.1) is 13.6 Å². The Morgan fingerprint density at radius 2 is 1.45 bits per heavy atom. The van der Waals surface area contributed by atoms with Gasteiger partial charge in [0.25, 0.3) is 5.82 Å². The zero-order valence-corrected chi connectivity index (χ0v) is 14.0. The van der Waals surface area contributed by atoms with Crippen molar-refractivity contribution in [2.75, 3.05) is 0 Å². The van der Waals surface area contributed by atoms with Gasteiger partial charge in [-0.05, 0) is 19.3 Å². The molecule has 0 aromatic carbocycles. The first-order chi connectivity index (χ1) is 9.79. The summed E-state index contributed by atoms with van der Waals surface area (Å²) >= 11 is 0. The zero-order chi connectivity index (χ0) is 14.6. The highest BCUT2D eigenvalue weighted by atomic mass is 15.1. The van der Waals surface area contributed by atoms with Crippen molar-refractivity contribution in [1.29, 1.82) is 0 Å². The number of nitrogens with zero attached hydrogens (tertiary/aromatic N) is 2. The van der Waals surface area contributed by atoms with Gasteiger partial charge >= 0.3 is 0 Å². The molecule has 20 heavy (non-hydrogen) atoms. The van der Waals surface area contributed by atoms with E-state index in [9.17, 15) is 0 Å². The maximum atomic E-state index is 2.45. The molecular weight excluding hydrogens is 244 g/mol. The average molecular weight is 279 g/mol. The highest BCUT2D eigenvalue weighted by Gasteiger charge is 2.12. The number of rotatable bonds is 12. The Kier molecular flexibility index (Phi) is 9.44. The van der Waals surface area contributed by atoms with Gasteiger partial charge in [0.2, 0.25) is 0 Å². The van der Waals surface area contributed by atoms with Gasteiger partial charge in [-0.2, -0.15) is 0 Å². The number of imidazole rings is 1. The van der Waals surface area contributed by atoms with E-state index in [0.717, 1.165) is 0 Å². The maximum absolute atomic E-state index is 2.45. The second-order valence-corrected chi connectivity index (χ2v) is 6.10. The first kappa shape index (κ1) is 17.3. The van der Waals surface area contributed by atoms with E-state index in [1.165, 1.54) is 83.0 Å². The standard InChI is InChI=1S/C18H35N2/c1-4-6-7-8-9-10-11-12-13-15-20-17-16-19(3)18(20)14-5-2/h16-17H,4-15H2,1-3H3/q+1. The molecule has 0 spiro atoms. The summed E-state index contributed by atoms with van der Waals surface area (Å²) in [6.07, 6.45) is 19.6. The Labute approximate surface area is 126 Å². The van der Waals surface area contributed by atoms with E-state index >= 15 is 0 Å². The Morgan fingerprint density at radius 3 is 2.05 bits per heavy atom. The van der Waals surface area contributed by atoms with E-state index in [1.54, 1.807) is 0 Å². The van der Waals surface area contributed by atoms with Crippen molar-refractivity contribution in [3.05, 3.63) is 18.2 Å². The van der Waals surface area contributed by atoms with Crippen molar-refractivity contribution >= 4 is 0 Å². The van der Waals surface area contributed by atoms with E-state index in [-0.39, 0.29) is 0 Å². The van der Waals surface area contributed by atoms with Crippen molar-refractivity contribution < 1.29 is 4.57 Å². The third-order valence-corrected chi connectivity index (χ3v) is 4.19. The van der Waals surface area contributed by atoms with Gasteiger partial charge in [0.15, 0.2) is 0 Å². The van der Waals surface area contributed by atoms with Crippen molar-refractivity contribution in [3.63, 3.8) is 0 Å². The molecule has 1 aromatic rings. The van der Waals surface area contributed by atoms with Crippen LogP contribution < -0.4 is 4.57 Å². The molecule has 0 radical (unpaired) electrons. The van der Waals surface area contributed by atoms with Gasteiger partial charge in [-0.15, -0.1) is 0 Å². The first-order valence-corrected chi connectivity index (χ1v) is 8.83. The minimum Gasteiger partial charge on any atom is -0.237 e. The molecule has 0 N–H and O–H groups in total. The maximum Gasteiger partial charge on any atom is 0.256 e. The van der Waals surface area contributed by atoms with E-state index in [4.69, 9.17) is 0 Å². The second kappa shape index (κ2) is 10.9. The van der Waals surface area contributed by atoms with Crippen molar-refractivity contribution in [2.45, 2.75) is 91.0 Å². The van der Waals surface area contributed by atoms with Crippen LogP contribution in [0.1, 0.15) is 83.9 Å². The summed E-state index contributed by atoms with van der Waals surface area (Å²) in [6, 6.07) is 0. The molecule has 2 heteroatoms.